The first kappa shape index (κ1) is 17.1. The first-order chi connectivity index (χ1) is 10.1. The van der Waals surface area contributed by atoms with Gasteiger partial charge in [-0.05, 0) is 29.1 Å². The van der Waals surface area contributed by atoms with Crippen molar-refractivity contribution in [1.29, 1.82) is 0 Å². The molecule has 2 aromatic rings. The molecule has 4 nitrogen and oxygen atoms in total. The number of halogens is 3. The Kier molecular flexibility index (Phi) is 5.39. The Bertz CT molecular complexity index is 614. The van der Waals surface area contributed by atoms with E-state index in [1.165, 1.54) is 0 Å². The average Bonchev–Trinajstić information content (AvgIpc) is 2.96. The van der Waals surface area contributed by atoms with Gasteiger partial charge in [-0.3, -0.25) is 4.90 Å². The number of piperazine rings is 1. The highest BCUT2D eigenvalue weighted by Gasteiger charge is 2.44. The number of H-pyrrole nitrogens is 1. The molecule has 1 aliphatic rings. The lowest BCUT2D eigenvalue weighted by Gasteiger charge is -2.38. The van der Waals surface area contributed by atoms with Gasteiger partial charge in [-0.15, -0.1) is 12.4 Å². The van der Waals surface area contributed by atoms with Gasteiger partial charge in [0.1, 0.15) is 12.6 Å². The molecule has 1 saturated heterocycles. The van der Waals surface area contributed by atoms with Crippen LogP contribution in [0.5, 0.6) is 0 Å². The highest BCUT2D eigenvalue weighted by Crippen LogP contribution is 2.37. The van der Waals surface area contributed by atoms with Crippen LogP contribution in [0.2, 0.25) is 0 Å². The zero-order valence-corrected chi connectivity index (χ0v) is 12.9. The SMILES string of the molecule is Cl.OCC(F)(F)[C@@H](c1ccc2[nH]ccc2c1)N1CCNCC1. The monoisotopic (exact) mass is 331 g/mol. The van der Waals surface area contributed by atoms with Gasteiger partial charge in [-0.25, -0.2) is 8.78 Å². The van der Waals surface area contributed by atoms with Crippen LogP contribution >= 0.6 is 12.4 Å². The normalized spacial score (nSPS) is 18.1. The van der Waals surface area contributed by atoms with E-state index in [0.29, 0.717) is 31.7 Å². The number of aromatic amines is 1. The number of fused-ring (bicyclic) bond motifs is 1. The Morgan fingerprint density at radius 1 is 1.23 bits per heavy atom. The summed E-state index contributed by atoms with van der Waals surface area (Å²) in [6.45, 7) is 1.32. The molecule has 1 aliphatic heterocycles. The van der Waals surface area contributed by atoms with Crippen molar-refractivity contribution in [2.24, 2.45) is 0 Å². The van der Waals surface area contributed by atoms with Gasteiger partial charge in [0.2, 0.25) is 0 Å². The molecule has 0 amide bonds. The van der Waals surface area contributed by atoms with Gasteiger partial charge >= 0.3 is 0 Å². The fraction of sp³-hybridized carbons (Fsp3) is 0.467. The molecule has 0 radical (unpaired) electrons. The fourth-order valence-corrected chi connectivity index (χ4v) is 2.99. The van der Waals surface area contributed by atoms with Gasteiger partial charge in [0.05, 0.1) is 0 Å². The molecular formula is C15H20ClF2N3O. The third-order valence-electron chi connectivity index (χ3n) is 4.02. The van der Waals surface area contributed by atoms with E-state index in [1.807, 2.05) is 12.1 Å². The molecule has 0 aliphatic carbocycles. The van der Waals surface area contributed by atoms with Crippen LogP contribution in [-0.4, -0.2) is 53.7 Å². The number of aromatic nitrogens is 1. The molecule has 0 spiro atoms. The van der Waals surface area contributed by atoms with E-state index in [4.69, 9.17) is 5.11 Å². The number of aliphatic hydroxyl groups excluding tert-OH is 1. The maximum Gasteiger partial charge on any atom is 0.289 e. The van der Waals surface area contributed by atoms with Crippen molar-refractivity contribution < 1.29 is 13.9 Å². The summed E-state index contributed by atoms with van der Waals surface area (Å²) in [6.07, 6.45) is 1.79. The number of hydrogen-bond acceptors (Lipinski definition) is 3. The number of aliphatic hydroxyl groups is 1. The number of nitrogens with one attached hydrogen (secondary N) is 2. The minimum absolute atomic E-state index is 0. The molecule has 22 heavy (non-hydrogen) atoms. The molecule has 3 N–H and O–H groups in total. The van der Waals surface area contributed by atoms with Crippen molar-refractivity contribution in [2.75, 3.05) is 32.8 Å². The van der Waals surface area contributed by atoms with Gasteiger partial charge in [-0.1, -0.05) is 6.07 Å². The summed E-state index contributed by atoms with van der Waals surface area (Å²) < 4.78 is 28.6. The average molecular weight is 332 g/mol. The Morgan fingerprint density at radius 3 is 2.64 bits per heavy atom. The van der Waals surface area contributed by atoms with E-state index in [1.54, 1.807) is 23.2 Å². The molecule has 122 valence electrons. The van der Waals surface area contributed by atoms with E-state index in [2.05, 4.69) is 10.3 Å². The van der Waals surface area contributed by atoms with Crippen LogP contribution < -0.4 is 5.32 Å². The predicted octanol–water partition coefficient (Wildman–Crippen LogP) is 2.16. The van der Waals surface area contributed by atoms with Gasteiger partial charge < -0.3 is 15.4 Å². The second-order valence-electron chi connectivity index (χ2n) is 5.43. The van der Waals surface area contributed by atoms with Gasteiger partial charge in [0, 0.05) is 37.9 Å². The van der Waals surface area contributed by atoms with Gasteiger partial charge in [0.15, 0.2) is 0 Å². The third kappa shape index (κ3) is 3.25. The van der Waals surface area contributed by atoms with E-state index in [-0.39, 0.29) is 12.4 Å². The van der Waals surface area contributed by atoms with E-state index >= 15 is 0 Å². The number of nitrogens with zero attached hydrogens (tertiary/aromatic N) is 1. The number of rotatable bonds is 4. The zero-order chi connectivity index (χ0) is 14.9. The number of alkyl halides is 2. The lowest BCUT2D eigenvalue weighted by Crippen LogP contribution is -2.51. The van der Waals surface area contributed by atoms with Crippen LogP contribution in [0.1, 0.15) is 11.6 Å². The maximum absolute atomic E-state index is 14.3. The summed E-state index contributed by atoms with van der Waals surface area (Å²) >= 11 is 0. The van der Waals surface area contributed by atoms with E-state index in [0.717, 1.165) is 10.9 Å². The van der Waals surface area contributed by atoms with Crippen LogP contribution in [0.15, 0.2) is 30.5 Å². The highest BCUT2D eigenvalue weighted by molar-refractivity contribution is 5.85. The fourth-order valence-electron chi connectivity index (χ4n) is 2.99. The van der Waals surface area contributed by atoms with Crippen molar-refractivity contribution in [3.8, 4) is 0 Å². The van der Waals surface area contributed by atoms with Crippen molar-refractivity contribution in [3.05, 3.63) is 36.0 Å². The summed E-state index contributed by atoms with van der Waals surface area (Å²) in [5.41, 5.74) is 1.47. The summed E-state index contributed by atoms with van der Waals surface area (Å²) in [7, 11) is 0. The Hall–Kier alpha value is -1.21. The Balaban J connectivity index is 0.00000176. The van der Waals surface area contributed by atoms with Crippen LogP contribution in [0.25, 0.3) is 10.9 Å². The smallest absolute Gasteiger partial charge is 0.289 e. The van der Waals surface area contributed by atoms with Crippen LogP contribution in [0.4, 0.5) is 8.78 Å². The Morgan fingerprint density at radius 2 is 1.95 bits per heavy atom. The van der Waals surface area contributed by atoms with E-state index < -0.39 is 18.6 Å². The summed E-state index contributed by atoms with van der Waals surface area (Å²) in [4.78, 5) is 4.81. The summed E-state index contributed by atoms with van der Waals surface area (Å²) in [5, 5.41) is 13.2. The first-order valence-corrected chi connectivity index (χ1v) is 7.12. The van der Waals surface area contributed by atoms with Crippen molar-refractivity contribution in [3.63, 3.8) is 0 Å². The summed E-state index contributed by atoms with van der Waals surface area (Å²) in [6, 6.07) is 6.08. The molecule has 1 fully saturated rings. The van der Waals surface area contributed by atoms with Gasteiger partial charge in [-0.2, -0.15) is 0 Å². The molecule has 1 atom stereocenters. The standard InChI is InChI=1S/C15H19F2N3O.ClH/c16-15(17,10-21)14(20-7-5-18-6-8-20)12-1-2-13-11(9-12)3-4-19-13;/h1-4,9,14,18-19,21H,5-8,10H2;1H/t14-;/m1./s1. The maximum atomic E-state index is 14.3. The largest absolute Gasteiger partial charge is 0.390 e. The van der Waals surface area contributed by atoms with Crippen LogP contribution in [0.3, 0.4) is 0 Å². The zero-order valence-electron chi connectivity index (χ0n) is 12.1. The lowest BCUT2D eigenvalue weighted by atomic mass is 9.97. The Labute approximate surface area is 133 Å². The first-order valence-electron chi connectivity index (χ1n) is 7.12. The predicted molar refractivity (Wildman–Crippen MR) is 84.8 cm³/mol. The van der Waals surface area contributed by atoms with Gasteiger partial charge in [0.25, 0.3) is 5.92 Å². The quantitative estimate of drug-likeness (QED) is 0.805. The molecule has 7 heteroatoms. The highest BCUT2D eigenvalue weighted by atomic mass is 35.5. The van der Waals surface area contributed by atoms with Crippen LogP contribution in [0, 0.1) is 0 Å². The van der Waals surface area contributed by atoms with Crippen molar-refractivity contribution in [1.82, 2.24) is 15.2 Å². The molecule has 1 aromatic carbocycles. The molecule has 3 rings (SSSR count). The molecule has 0 unspecified atom stereocenters. The topological polar surface area (TPSA) is 51.3 Å². The molecule has 2 heterocycles. The molecule has 1 aromatic heterocycles. The second-order valence-corrected chi connectivity index (χ2v) is 5.43. The molecule has 0 saturated carbocycles. The van der Waals surface area contributed by atoms with Crippen molar-refractivity contribution in [2.45, 2.75) is 12.0 Å². The minimum atomic E-state index is -3.17. The number of hydrogen-bond donors (Lipinski definition) is 3. The lowest BCUT2D eigenvalue weighted by molar-refractivity contribution is -0.118. The molecular weight excluding hydrogens is 312 g/mol. The van der Waals surface area contributed by atoms with Crippen molar-refractivity contribution >= 4 is 23.3 Å². The second kappa shape index (κ2) is 6.91. The number of benzene rings is 1. The third-order valence-corrected chi connectivity index (χ3v) is 4.02. The minimum Gasteiger partial charge on any atom is -0.390 e. The van der Waals surface area contributed by atoms with E-state index in [9.17, 15) is 8.78 Å². The summed E-state index contributed by atoms with van der Waals surface area (Å²) in [5.74, 6) is -3.17. The van der Waals surface area contributed by atoms with Crippen LogP contribution in [-0.2, 0) is 0 Å². The molecule has 0 bridgehead atoms.